The fraction of sp³-hybridized carbons (Fsp3) is 0.400. The largest absolute Gasteiger partial charge is 0.464 e. The minimum absolute atomic E-state index is 0.568. The van der Waals surface area contributed by atoms with E-state index in [9.17, 15) is 0 Å². The zero-order chi connectivity index (χ0) is 20.8. The monoisotopic (exact) mass is 421 g/mol. The van der Waals surface area contributed by atoms with Crippen LogP contribution in [0.3, 0.4) is 0 Å². The summed E-state index contributed by atoms with van der Waals surface area (Å²) in [5.41, 5.74) is 4.24. The Labute approximate surface area is 184 Å². The van der Waals surface area contributed by atoms with Gasteiger partial charge in [0.2, 0.25) is 0 Å². The van der Waals surface area contributed by atoms with Crippen molar-refractivity contribution in [1.29, 1.82) is 0 Å². The lowest BCUT2D eigenvalue weighted by Crippen LogP contribution is -2.33. The lowest BCUT2D eigenvalue weighted by atomic mass is 9.89. The molecule has 0 unspecified atom stereocenters. The lowest BCUT2D eigenvalue weighted by Gasteiger charge is -2.31. The van der Waals surface area contributed by atoms with Crippen molar-refractivity contribution in [2.45, 2.75) is 44.9 Å². The van der Waals surface area contributed by atoms with Gasteiger partial charge in [-0.2, -0.15) is 0 Å². The molecule has 0 spiro atoms. The Morgan fingerprint density at radius 3 is 2.57 bits per heavy atom. The van der Waals surface area contributed by atoms with Crippen molar-refractivity contribution in [1.82, 2.24) is 4.90 Å². The van der Waals surface area contributed by atoms with Gasteiger partial charge in [0.15, 0.2) is 5.11 Å². The number of nitrogens with one attached hydrogen (secondary N) is 2. The molecule has 5 heteroatoms. The first-order chi connectivity index (χ1) is 14.7. The Bertz CT molecular complexity index is 961. The van der Waals surface area contributed by atoms with Crippen molar-refractivity contribution in [2.75, 3.05) is 30.3 Å². The smallest absolute Gasteiger partial charge is 0.175 e. The molecule has 1 fully saturated rings. The van der Waals surface area contributed by atoms with Gasteiger partial charge in [-0.25, -0.2) is 0 Å². The number of piperidine rings is 1. The molecule has 0 bridgehead atoms. The van der Waals surface area contributed by atoms with Crippen LogP contribution < -0.4 is 10.6 Å². The van der Waals surface area contributed by atoms with Crippen LogP contribution in [0.25, 0.3) is 11.0 Å². The van der Waals surface area contributed by atoms with Crippen molar-refractivity contribution in [3.05, 3.63) is 60.4 Å². The number of hydrogen-bond donors (Lipinski definition) is 2. The van der Waals surface area contributed by atoms with Crippen LogP contribution in [-0.2, 0) is 0 Å². The first-order valence-corrected chi connectivity index (χ1v) is 11.5. The first-order valence-electron chi connectivity index (χ1n) is 11.1. The van der Waals surface area contributed by atoms with Crippen molar-refractivity contribution in [3.63, 3.8) is 0 Å². The molecule has 1 saturated heterocycles. The Morgan fingerprint density at radius 1 is 1.03 bits per heavy atom. The van der Waals surface area contributed by atoms with E-state index in [4.69, 9.17) is 16.6 Å². The second-order valence-electron chi connectivity index (χ2n) is 8.17. The highest BCUT2D eigenvalue weighted by Gasteiger charge is 2.23. The van der Waals surface area contributed by atoms with Crippen LogP contribution in [-0.4, -0.2) is 29.6 Å². The summed E-state index contributed by atoms with van der Waals surface area (Å²) in [6.45, 7) is 5.88. The van der Waals surface area contributed by atoms with Crippen LogP contribution in [0.2, 0.25) is 0 Å². The van der Waals surface area contributed by atoms with Gasteiger partial charge in [-0.15, -0.1) is 0 Å². The first kappa shape index (κ1) is 20.9. The standard InChI is InChI=1S/C25H31N3OS/c1-2-3-7-14-28-15-12-19(13-16-28)23-18-29-24-11-10-21(17-22(23)24)27-25(30)26-20-8-5-4-6-9-20/h4-6,8-11,17-19H,2-3,7,12-16H2,1H3,(H2,26,27,30). The highest BCUT2D eigenvalue weighted by atomic mass is 32.1. The number of furan rings is 1. The highest BCUT2D eigenvalue weighted by Crippen LogP contribution is 2.35. The Hall–Kier alpha value is -2.37. The van der Waals surface area contributed by atoms with Gasteiger partial charge >= 0.3 is 0 Å². The summed E-state index contributed by atoms with van der Waals surface area (Å²) in [6.07, 6.45) is 8.31. The number of anilines is 2. The topological polar surface area (TPSA) is 40.4 Å². The zero-order valence-electron chi connectivity index (χ0n) is 17.7. The third-order valence-corrected chi connectivity index (χ3v) is 6.20. The van der Waals surface area contributed by atoms with Gasteiger partial charge in [0, 0.05) is 22.3 Å². The van der Waals surface area contributed by atoms with Crippen LogP contribution in [0.4, 0.5) is 11.4 Å². The molecule has 0 radical (unpaired) electrons. The number of hydrogen-bond acceptors (Lipinski definition) is 3. The molecule has 0 aliphatic carbocycles. The van der Waals surface area contributed by atoms with E-state index >= 15 is 0 Å². The summed E-state index contributed by atoms with van der Waals surface area (Å²) in [4.78, 5) is 2.62. The molecule has 3 aromatic rings. The van der Waals surface area contributed by atoms with E-state index < -0.39 is 0 Å². The molecule has 2 N–H and O–H groups in total. The van der Waals surface area contributed by atoms with Gasteiger partial charge in [-0.05, 0) is 87.4 Å². The minimum Gasteiger partial charge on any atom is -0.464 e. The van der Waals surface area contributed by atoms with Crippen LogP contribution in [0.1, 0.15) is 50.5 Å². The molecule has 0 atom stereocenters. The molecule has 4 rings (SSSR count). The van der Waals surface area contributed by atoms with E-state index in [0.717, 1.165) is 17.0 Å². The average molecular weight is 422 g/mol. The quantitative estimate of drug-likeness (QED) is 0.332. The summed E-state index contributed by atoms with van der Waals surface area (Å²) in [5, 5.41) is 8.33. The van der Waals surface area contributed by atoms with E-state index in [1.165, 1.54) is 62.7 Å². The molecule has 1 aliphatic rings. The second-order valence-corrected chi connectivity index (χ2v) is 8.58. The molecule has 2 heterocycles. The predicted octanol–water partition coefficient (Wildman–Crippen LogP) is 6.61. The number of nitrogens with zero attached hydrogens (tertiary/aromatic N) is 1. The van der Waals surface area contributed by atoms with E-state index in [1.807, 2.05) is 48.7 Å². The molecule has 1 aromatic heterocycles. The number of fused-ring (bicyclic) bond motifs is 1. The summed E-state index contributed by atoms with van der Waals surface area (Å²) in [6, 6.07) is 16.2. The zero-order valence-corrected chi connectivity index (χ0v) is 18.5. The highest BCUT2D eigenvalue weighted by molar-refractivity contribution is 7.80. The van der Waals surface area contributed by atoms with Gasteiger partial charge in [-0.1, -0.05) is 38.0 Å². The van der Waals surface area contributed by atoms with E-state index in [-0.39, 0.29) is 0 Å². The maximum absolute atomic E-state index is 5.87. The van der Waals surface area contributed by atoms with Crippen molar-refractivity contribution in [3.8, 4) is 0 Å². The number of para-hydroxylation sites is 1. The van der Waals surface area contributed by atoms with Gasteiger partial charge < -0.3 is 20.0 Å². The summed E-state index contributed by atoms with van der Waals surface area (Å²) < 4.78 is 5.87. The van der Waals surface area contributed by atoms with Crippen LogP contribution in [0, 0.1) is 0 Å². The SMILES string of the molecule is CCCCCN1CCC(c2coc3ccc(NC(=S)Nc4ccccc4)cc23)CC1. The molecule has 4 nitrogen and oxygen atoms in total. The fourth-order valence-electron chi connectivity index (χ4n) is 4.31. The molecule has 1 aliphatic heterocycles. The third-order valence-electron chi connectivity index (χ3n) is 6.00. The minimum atomic E-state index is 0.568. The second kappa shape index (κ2) is 10.1. The number of benzene rings is 2. The van der Waals surface area contributed by atoms with E-state index in [2.05, 4.69) is 28.5 Å². The van der Waals surface area contributed by atoms with Crippen LogP contribution in [0.15, 0.2) is 59.2 Å². The van der Waals surface area contributed by atoms with E-state index in [1.54, 1.807) is 0 Å². The average Bonchev–Trinajstić information content (AvgIpc) is 3.18. The lowest BCUT2D eigenvalue weighted by molar-refractivity contribution is 0.208. The predicted molar refractivity (Wildman–Crippen MR) is 130 cm³/mol. The van der Waals surface area contributed by atoms with Crippen molar-refractivity contribution in [2.24, 2.45) is 0 Å². The molecular weight excluding hydrogens is 390 g/mol. The number of thiocarbonyl (C=S) groups is 1. The molecule has 0 saturated carbocycles. The summed E-state index contributed by atoms with van der Waals surface area (Å²) >= 11 is 5.48. The van der Waals surface area contributed by atoms with Gasteiger partial charge in [0.25, 0.3) is 0 Å². The summed E-state index contributed by atoms with van der Waals surface area (Å²) in [7, 11) is 0. The van der Waals surface area contributed by atoms with Gasteiger partial charge in [0.1, 0.15) is 5.58 Å². The summed E-state index contributed by atoms with van der Waals surface area (Å²) in [5.74, 6) is 0.568. The Kier molecular flexibility index (Phi) is 7.03. The van der Waals surface area contributed by atoms with E-state index in [0.29, 0.717) is 11.0 Å². The Balaban J connectivity index is 1.40. The maximum atomic E-state index is 5.87. The van der Waals surface area contributed by atoms with Gasteiger partial charge in [-0.3, -0.25) is 0 Å². The maximum Gasteiger partial charge on any atom is 0.175 e. The molecule has 158 valence electrons. The molecule has 30 heavy (non-hydrogen) atoms. The molecule has 2 aromatic carbocycles. The normalized spacial score (nSPS) is 15.4. The number of likely N-dealkylation sites (tertiary alicyclic amines) is 1. The number of rotatable bonds is 7. The van der Waals surface area contributed by atoms with Crippen molar-refractivity contribution < 1.29 is 4.42 Å². The Morgan fingerprint density at radius 2 is 1.80 bits per heavy atom. The molecule has 0 amide bonds. The fourth-order valence-corrected chi connectivity index (χ4v) is 4.55. The van der Waals surface area contributed by atoms with Crippen LogP contribution in [0.5, 0.6) is 0 Å². The molecular formula is C25H31N3OS. The number of unbranched alkanes of at least 4 members (excludes halogenated alkanes) is 2. The van der Waals surface area contributed by atoms with Crippen molar-refractivity contribution >= 4 is 39.7 Å². The third kappa shape index (κ3) is 5.21. The van der Waals surface area contributed by atoms with Crippen LogP contribution >= 0.6 is 12.2 Å². The van der Waals surface area contributed by atoms with Gasteiger partial charge in [0.05, 0.1) is 6.26 Å².